The number of nitrogens with zero attached hydrogens (tertiary/aromatic N) is 4. The molecule has 2 aromatic heterocycles. The van der Waals surface area contributed by atoms with Gasteiger partial charge in [0.05, 0.1) is 12.2 Å². The first-order chi connectivity index (χ1) is 14.3. The summed E-state index contributed by atoms with van der Waals surface area (Å²) in [4.78, 5) is 18.6. The Labute approximate surface area is 178 Å². The Balaban J connectivity index is 1.61. The van der Waals surface area contributed by atoms with Crippen molar-refractivity contribution in [2.24, 2.45) is 0 Å². The standard InChI is InChI=1S/C24H29N5O/c1-17-6-8-20(9-7-17)16-29-19(3)22(18(2)27-29)11-13-24(30)26-15-21-10-12-23(25-14-21)28(4)5/h6-14H,15-16H2,1-5H3,(H,26,30)/b13-11+. The molecule has 0 atom stereocenters. The second-order valence-corrected chi connectivity index (χ2v) is 7.70. The maximum atomic E-state index is 12.3. The Kier molecular flexibility index (Phi) is 6.67. The fourth-order valence-corrected chi connectivity index (χ4v) is 3.17. The van der Waals surface area contributed by atoms with Crippen LogP contribution in [-0.4, -0.2) is 34.8 Å². The van der Waals surface area contributed by atoms with Crippen LogP contribution in [0.4, 0.5) is 5.82 Å². The molecule has 0 unspecified atom stereocenters. The highest BCUT2D eigenvalue weighted by atomic mass is 16.1. The SMILES string of the molecule is Cc1ccc(Cn2nc(C)c(/C=C/C(=O)NCc3ccc(N(C)C)nc3)c2C)cc1. The summed E-state index contributed by atoms with van der Waals surface area (Å²) in [6.07, 6.45) is 5.18. The van der Waals surface area contributed by atoms with Crippen molar-refractivity contribution in [2.75, 3.05) is 19.0 Å². The molecule has 156 valence electrons. The number of hydrogen-bond donors (Lipinski definition) is 1. The van der Waals surface area contributed by atoms with E-state index in [0.717, 1.165) is 28.3 Å². The lowest BCUT2D eigenvalue weighted by Crippen LogP contribution is -2.20. The van der Waals surface area contributed by atoms with Gasteiger partial charge in [-0.25, -0.2) is 4.98 Å². The van der Waals surface area contributed by atoms with Crippen molar-refractivity contribution < 1.29 is 4.79 Å². The second-order valence-electron chi connectivity index (χ2n) is 7.70. The van der Waals surface area contributed by atoms with E-state index in [2.05, 4.69) is 46.6 Å². The average Bonchev–Trinajstić information content (AvgIpc) is 2.99. The fraction of sp³-hybridized carbons (Fsp3) is 0.292. The summed E-state index contributed by atoms with van der Waals surface area (Å²) < 4.78 is 1.98. The average molecular weight is 404 g/mol. The minimum Gasteiger partial charge on any atom is -0.363 e. The molecule has 0 aliphatic rings. The van der Waals surface area contributed by atoms with Gasteiger partial charge in [-0.15, -0.1) is 0 Å². The molecule has 0 saturated heterocycles. The molecule has 3 rings (SSSR count). The van der Waals surface area contributed by atoms with E-state index in [1.54, 1.807) is 12.3 Å². The van der Waals surface area contributed by atoms with Crippen LogP contribution in [0.2, 0.25) is 0 Å². The maximum absolute atomic E-state index is 12.3. The van der Waals surface area contributed by atoms with Gasteiger partial charge < -0.3 is 10.2 Å². The molecule has 1 N–H and O–H groups in total. The summed E-state index contributed by atoms with van der Waals surface area (Å²) >= 11 is 0. The van der Waals surface area contributed by atoms with Gasteiger partial charge in [0.25, 0.3) is 0 Å². The van der Waals surface area contributed by atoms with Crippen LogP contribution in [0.1, 0.15) is 33.6 Å². The Morgan fingerprint density at radius 1 is 1.07 bits per heavy atom. The highest BCUT2D eigenvalue weighted by Crippen LogP contribution is 2.17. The third-order valence-corrected chi connectivity index (χ3v) is 5.03. The summed E-state index contributed by atoms with van der Waals surface area (Å²) in [5.41, 5.74) is 6.34. The van der Waals surface area contributed by atoms with E-state index < -0.39 is 0 Å². The molecule has 2 heterocycles. The molecule has 0 spiro atoms. The maximum Gasteiger partial charge on any atom is 0.244 e. The number of pyridine rings is 1. The van der Waals surface area contributed by atoms with Crippen molar-refractivity contribution in [2.45, 2.75) is 33.9 Å². The predicted octanol–water partition coefficient (Wildman–Crippen LogP) is 3.65. The van der Waals surface area contributed by atoms with Gasteiger partial charge in [0.15, 0.2) is 0 Å². The third kappa shape index (κ3) is 5.35. The Hall–Kier alpha value is -3.41. The van der Waals surface area contributed by atoms with Gasteiger partial charge in [0.1, 0.15) is 5.82 Å². The molecule has 1 amide bonds. The predicted molar refractivity (Wildman–Crippen MR) is 121 cm³/mol. The van der Waals surface area contributed by atoms with Gasteiger partial charge in [0.2, 0.25) is 5.91 Å². The van der Waals surface area contributed by atoms with E-state index in [0.29, 0.717) is 13.1 Å². The second kappa shape index (κ2) is 9.39. The largest absolute Gasteiger partial charge is 0.363 e. The normalized spacial score (nSPS) is 11.1. The van der Waals surface area contributed by atoms with Crippen LogP contribution in [0.25, 0.3) is 6.08 Å². The van der Waals surface area contributed by atoms with Crippen LogP contribution in [-0.2, 0) is 17.9 Å². The minimum absolute atomic E-state index is 0.142. The van der Waals surface area contributed by atoms with Crippen molar-refractivity contribution in [3.8, 4) is 0 Å². The van der Waals surface area contributed by atoms with Crippen molar-refractivity contribution in [3.63, 3.8) is 0 Å². The quantitative estimate of drug-likeness (QED) is 0.612. The van der Waals surface area contributed by atoms with Gasteiger partial charge >= 0.3 is 0 Å². The molecule has 3 aromatic rings. The molecule has 0 saturated carbocycles. The molecule has 1 aromatic carbocycles. The van der Waals surface area contributed by atoms with Gasteiger partial charge in [-0.1, -0.05) is 35.9 Å². The molecule has 0 radical (unpaired) electrons. The molecule has 30 heavy (non-hydrogen) atoms. The van der Waals surface area contributed by atoms with Crippen molar-refractivity contribution >= 4 is 17.8 Å². The van der Waals surface area contributed by atoms with Crippen LogP contribution >= 0.6 is 0 Å². The zero-order valence-electron chi connectivity index (χ0n) is 18.3. The summed E-state index contributed by atoms with van der Waals surface area (Å²) in [6.45, 7) is 7.23. The van der Waals surface area contributed by atoms with Crippen LogP contribution in [0.3, 0.4) is 0 Å². The smallest absolute Gasteiger partial charge is 0.244 e. The molecular formula is C24H29N5O. The number of aryl methyl sites for hydroxylation is 2. The van der Waals surface area contributed by atoms with Crippen LogP contribution in [0.15, 0.2) is 48.7 Å². The van der Waals surface area contributed by atoms with Gasteiger partial charge in [-0.3, -0.25) is 9.48 Å². The Morgan fingerprint density at radius 2 is 1.77 bits per heavy atom. The molecular weight excluding hydrogens is 374 g/mol. The van der Waals surface area contributed by atoms with Crippen molar-refractivity contribution in [1.29, 1.82) is 0 Å². The molecule has 0 aliphatic carbocycles. The molecule has 0 fully saturated rings. The van der Waals surface area contributed by atoms with Gasteiger partial charge in [-0.2, -0.15) is 5.10 Å². The summed E-state index contributed by atoms with van der Waals surface area (Å²) in [6, 6.07) is 12.4. The summed E-state index contributed by atoms with van der Waals surface area (Å²) in [7, 11) is 3.89. The van der Waals surface area contributed by atoms with E-state index in [9.17, 15) is 4.79 Å². The number of benzene rings is 1. The first kappa shape index (κ1) is 21.3. The van der Waals surface area contributed by atoms with E-state index in [4.69, 9.17) is 0 Å². The zero-order chi connectivity index (χ0) is 21.7. The van der Waals surface area contributed by atoms with Gasteiger partial charge in [0, 0.05) is 44.2 Å². The number of aromatic nitrogens is 3. The highest BCUT2D eigenvalue weighted by Gasteiger charge is 2.10. The molecule has 6 heteroatoms. The fourth-order valence-electron chi connectivity index (χ4n) is 3.17. The third-order valence-electron chi connectivity index (χ3n) is 5.03. The van der Waals surface area contributed by atoms with Crippen LogP contribution < -0.4 is 10.2 Å². The zero-order valence-corrected chi connectivity index (χ0v) is 18.3. The number of amides is 1. The minimum atomic E-state index is -0.142. The highest BCUT2D eigenvalue weighted by molar-refractivity contribution is 5.91. The van der Waals surface area contributed by atoms with E-state index >= 15 is 0 Å². The number of rotatable bonds is 7. The number of anilines is 1. The first-order valence-electron chi connectivity index (χ1n) is 10.0. The van der Waals surface area contributed by atoms with Crippen molar-refractivity contribution in [3.05, 3.63) is 82.3 Å². The van der Waals surface area contributed by atoms with Gasteiger partial charge in [-0.05, 0) is 44.0 Å². The topological polar surface area (TPSA) is 63.1 Å². The van der Waals surface area contributed by atoms with E-state index in [1.165, 1.54) is 11.1 Å². The lowest BCUT2D eigenvalue weighted by Gasteiger charge is -2.11. The Morgan fingerprint density at radius 3 is 2.40 bits per heavy atom. The molecule has 0 aliphatic heterocycles. The lowest BCUT2D eigenvalue weighted by atomic mass is 10.1. The monoisotopic (exact) mass is 403 g/mol. The molecule has 0 bridgehead atoms. The number of carbonyl (C=O) groups excluding carboxylic acids is 1. The van der Waals surface area contributed by atoms with Crippen molar-refractivity contribution in [1.82, 2.24) is 20.1 Å². The number of nitrogens with one attached hydrogen (secondary N) is 1. The number of carbonyl (C=O) groups is 1. The van der Waals surface area contributed by atoms with Crippen LogP contribution in [0.5, 0.6) is 0 Å². The van der Waals surface area contributed by atoms with E-state index in [1.807, 2.05) is 55.7 Å². The molecule has 6 nitrogen and oxygen atoms in total. The van der Waals surface area contributed by atoms with E-state index in [-0.39, 0.29) is 5.91 Å². The summed E-state index contributed by atoms with van der Waals surface area (Å²) in [5, 5.41) is 7.55. The lowest BCUT2D eigenvalue weighted by molar-refractivity contribution is -0.116. The summed E-state index contributed by atoms with van der Waals surface area (Å²) in [5.74, 6) is 0.746. The van der Waals surface area contributed by atoms with Crippen LogP contribution in [0, 0.1) is 20.8 Å². The number of hydrogen-bond acceptors (Lipinski definition) is 4. The Bertz CT molecular complexity index is 1030. The first-order valence-corrected chi connectivity index (χ1v) is 10.0.